The number of hydrogen-bond acceptors (Lipinski definition) is 8. The van der Waals surface area contributed by atoms with Crippen molar-refractivity contribution in [3.63, 3.8) is 0 Å². The van der Waals surface area contributed by atoms with Crippen LogP contribution < -0.4 is 24.3 Å². The number of fused-ring (bicyclic) bond motifs is 1. The largest absolute Gasteiger partial charge is 0.493 e. The Kier molecular flexibility index (Phi) is 7.11. The van der Waals surface area contributed by atoms with Crippen molar-refractivity contribution in [1.82, 2.24) is 9.97 Å². The molecule has 178 valence electrons. The van der Waals surface area contributed by atoms with Crippen LogP contribution in [0.3, 0.4) is 0 Å². The maximum absolute atomic E-state index is 12.7. The average molecular weight is 472 g/mol. The monoisotopic (exact) mass is 471 g/mol. The molecular formula is C27H25N3O5. The second-order valence-corrected chi connectivity index (χ2v) is 7.46. The molecule has 4 aromatic rings. The lowest BCUT2D eigenvalue weighted by atomic mass is 10.1. The van der Waals surface area contributed by atoms with Crippen LogP contribution in [0.15, 0.2) is 67.0 Å². The minimum atomic E-state index is -0.115. The zero-order valence-electron chi connectivity index (χ0n) is 19.9. The maximum Gasteiger partial charge on any atom is 0.185 e. The van der Waals surface area contributed by atoms with Gasteiger partial charge in [0.1, 0.15) is 12.1 Å². The Bertz CT molecular complexity index is 1380. The smallest absolute Gasteiger partial charge is 0.185 e. The second-order valence-electron chi connectivity index (χ2n) is 7.46. The van der Waals surface area contributed by atoms with Crippen molar-refractivity contribution in [2.24, 2.45) is 0 Å². The van der Waals surface area contributed by atoms with Crippen molar-refractivity contribution in [2.45, 2.75) is 0 Å². The average Bonchev–Trinajstić information content (AvgIpc) is 2.91. The molecule has 0 atom stereocenters. The SMILES string of the molecule is COc1ccc(/C=C/C(=O)c2ccc(Nc3ncnc4cc(OC)c(OC)cc34)cc2)cc1OC. The first-order valence-electron chi connectivity index (χ1n) is 10.7. The van der Waals surface area contributed by atoms with Crippen molar-refractivity contribution >= 4 is 34.3 Å². The Balaban J connectivity index is 1.51. The normalized spacial score (nSPS) is 10.9. The van der Waals surface area contributed by atoms with Gasteiger partial charge in [-0.1, -0.05) is 12.1 Å². The van der Waals surface area contributed by atoms with Crippen LogP contribution >= 0.6 is 0 Å². The Labute approximate surface area is 203 Å². The third-order valence-electron chi connectivity index (χ3n) is 5.41. The summed E-state index contributed by atoms with van der Waals surface area (Å²) in [6, 6.07) is 16.3. The van der Waals surface area contributed by atoms with Crippen LogP contribution in [0.1, 0.15) is 15.9 Å². The molecule has 4 rings (SSSR count). The van der Waals surface area contributed by atoms with Crippen molar-refractivity contribution in [3.05, 3.63) is 78.1 Å². The lowest BCUT2D eigenvalue weighted by molar-refractivity contribution is 0.104. The Morgan fingerprint density at radius 2 is 1.43 bits per heavy atom. The number of nitrogens with zero attached hydrogens (tertiary/aromatic N) is 2. The van der Waals surface area contributed by atoms with Gasteiger partial charge < -0.3 is 24.3 Å². The van der Waals surface area contributed by atoms with Crippen LogP contribution in [0.25, 0.3) is 17.0 Å². The van der Waals surface area contributed by atoms with E-state index in [0.29, 0.717) is 39.9 Å². The van der Waals surface area contributed by atoms with Gasteiger partial charge in [-0.3, -0.25) is 4.79 Å². The van der Waals surface area contributed by atoms with Crippen LogP contribution in [-0.4, -0.2) is 44.2 Å². The van der Waals surface area contributed by atoms with Crippen molar-refractivity contribution in [3.8, 4) is 23.0 Å². The van der Waals surface area contributed by atoms with Crippen molar-refractivity contribution in [1.29, 1.82) is 0 Å². The van der Waals surface area contributed by atoms with E-state index in [1.165, 1.54) is 12.4 Å². The number of nitrogens with one attached hydrogen (secondary N) is 1. The van der Waals surface area contributed by atoms with Gasteiger partial charge in [-0.2, -0.15) is 0 Å². The highest BCUT2D eigenvalue weighted by atomic mass is 16.5. The van der Waals surface area contributed by atoms with Crippen molar-refractivity contribution < 1.29 is 23.7 Å². The summed E-state index contributed by atoms with van der Waals surface area (Å²) in [5.41, 5.74) is 2.88. The molecule has 0 saturated heterocycles. The van der Waals surface area contributed by atoms with E-state index in [4.69, 9.17) is 18.9 Å². The van der Waals surface area contributed by atoms with Gasteiger partial charge in [0.05, 0.1) is 34.0 Å². The minimum Gasteiger partial charge on any atom is -0.493 e. The molecule has 35 heavy (non-hydrogen) atoms. The highest BCUT2D eigenvalue weighted by Gasteiger charge is 2.11. The first kappa shape index (κ1) is 23.6. The van der Waals surface area contributed by atoms with E-state index in [9.17, 15) is 4.79 Å². The molecule has 0 unspecified atom stereocenters. The zero-order chi connectivity index (χ0) is 24.8. The van der Waals surface area contributed by atoms with E-state index in [-0.39, 0.29) is 5.78 Å². The van der Waals surface area contributed by atoms with E-state index >= 15 is 0 Å². The molecule has 0 aliphatic heterocycles. The summed E-state index contributed by atoms with van der Waals surface area (Å²) < 4.78 is 21.3. The number of hydrogen-bond donors (Lipinski definition) is 1. The van der Waals surface area contributed by atoms with E-state index < -0.39 is 0 Å². The van der Waals surface area contributed by atoms with Crippen LogP contribution in [0.2, 0.25) is 0 Å². The lowest BCUT2D eigenvalue weighted by Crippen LogP contribution is -1.99. The molecule has 1 N–H and O–H groups in total. The molecule has 0 bridgehead atoms. The molecule has 0 aliphatic carbocycles. The molecule has 8 nitrogen and oxygen atoms in total. The first-order valence-corrected chi connectivity index (χ1v) is 10.7. The molecule has 0 spiro atoms. The van der Waals surface area contributed by atoms with E-state index in [1.807, 2.05) is 30.3 Å². The van der Waals surface area contributed by atoms with Gasteiger partial charge in [-0.05, 0) is 54.1 Å². The predicted octanol–water partition coefficient (Wildman–Crippen LogP) is 5.30. The molecule has 3 aromatic carbocycles. The summed E-state index contributed by atoms with van der Waals surface area (Å²) in [4.78, 5) is 21.3. The molecule has 8 heteroatoms. The number of aromatic nitrogens is 2. The molecule has 1 heterocycles. The molecule has 1 aromatic heterocycles. The third kappa shape index (κ3) is 5.16. The number of rotatable bonds is 9. The standard InChI is InChI=1S/C27H25N3O5/c1-32-23-12-6-17(13-24(23)33-2)5-11-22(31)18-7-9-19(10-8-18)30-27-20-14-25(34-3)26(35-4)15-21(20)28-16-29-27/h5-16H,1-4H3,(H,28,29,30)/b11-5+. The first-order chi connectivity index (χ1) is 17.1. The number of ether oxygens (including phenoxy) is 4. The van der Waals surface area contributed by atoms with Gasteiger partial charge in [0, 0.05) is 22.7 Å². The van der Waals surface area contributed by atoms with Gasteiger partial charge in [0.2, 0.25) is 0 Å². The molecule has 0 radical (unpaired) electrons. The molecule has 0 fully saturated rings. The fourth-order valence-electron chi connectivity index (χ4n) is 3.56. The van der Waals surface area contributed by atoms with Crippen LogP contribution in [0.5, 0.6) is 23.0 Å². The fourth-order valence-corrected chi connectivity index (χ4v) is 3.56. The second kappa shape index (κ2) is 10.6. The summed E-state index contributed by atoms with van der Waals surface area (Å²) in [5.74, 6) is 2.91. The fraction of sp³-hybridized carbons (Fsp3) is 0.148. The highest BCUT2D eigenvalue weighted by molar-refractivity contribution is 6.07. The summed E-state index contributed by atoms with van der Waals surface area (Å²) in [7, 11) is 6.31. The Morgan fingerprint density at radius 3 is 2.11 bits per heavy atom. The molecule has 0 amide bonds. The van der Waals surface area contributed by atoms with Gasteiger partial charge in [0.15, 0.2) is 28.8 Å². The lowest BCUT2D eigenvalue weighted by Gasteiger charge is -2.12. The predicted molar refractivity (Wildman–Crippen MR) is 135 cm³/mol. The van der Waals surface area contributed by atoms with Gasteiger partial charge in [0.25, 0.3) is 0 Å². The van der Waals surface area contributed by atoms with Crippen LogP contribution in [-0.2, 0) is 0 Å². The van der Waals surface area contributed by atoms with Gasteiger partial charge in [-0.15, -0.1) is 0 Å². The van der Waals surface area contributed by atoms with Crippen LogP contribution in [0, 0.1) is 0 Å². The van der Waals surface area contributed by atoms with E-state index in [2.05, 4.69) is 15.3 Å². The molecular weight excluding hydrogens is 446 g/mol. The summed E-state index contributed by atoms with van der Waals surface area (Å²) in [5, 5.41) is 4.06. The quantitative estimate of drug-likeness (QED) is 0.260. The number of methoxy groups -OCH3 is 4. The molecule has 0 aliphatic rings. The highest BCUT2D eigenvalue weighted by Crippen LogP contribution is 2.34. The number of allylic oxidation sites excluding steroid dienone is 1. The van der Waals surface area contributed by atoms with E-state index in [1.54, 1.807) is 58.8 Å². The van der Waals surface area contributed by atoms with Crippen molar-refractivity contribution in [2.75, 3.05) is 33.8 Å². The van der Waals surface area contributed by atoms with Crippen LogP contribution in [0.4, 0.5) is 11.5 Å². The van der Waals surface area contributed by atoms with Gasteiger partial charge in [-0.25, -0.2) is 9.97 Å². The summed E-state index contributed by atoms with van der Waals surface area (Å²) in [6.45, 7) is 0. The Hall–Kier alpha value is -4.59. The topological polar surface area (TPSA) is 91.8 Å². The maximum atomic E-state index is 12.7. The number of anilines is 2. The number of ketones is 1. The van der Waals surface area contributed by atoms with E-state index in [0.717, 1.165) is 16.6 Å². The summed E-state index contributed by atoms with van der Waals surface area (Å²) >= 11 is 0. The molecule has 0 saturated carbocycles. The number of benzene rings is 3. The Morgan fingerprint density at radius 1 is 0.771 bits per heavy atom. The van der Waals surface area contributed by atoms with Gasteiger partial charge >= 0.3 is 0 Å². The zero-order valence-corrected chi connectivity index (χ0v) is 19.9. The minimum absolute atomic E-state index is 0.115. The number of carbonyl (C=O) groups is 1. The summed E-state index contributed by atoms with van der Waals surface area (Å²) in [6.07, 6.45) is 4.75. The third-order valence-corrected chi connectivity index (χ3v) is 5.41. The number of carbonyl (C=O) groups excluding carboxylic acids is 1.